The Morgan fingerprint density at radius 3 is 2.28 bits per heavy atom. The van der Waals surface area contributed by atoms with Crippen molar-refractivity contribution in [3.8, 4) is 0 Å². The van der Waals surface area contributed by atoms with Gasteiger partial charge < -0.3 is 9.73 Å². The van der Waals surface area contributed by atoms with Crippen molar-refractivity contribution in [2.45, 2.75) is 0 Å². The number of amides is 1. The highest BCUT2D eigenvalue weighted by Crippen LogP contribution is 2.24. The van der Waals surface area contributed by atoms with Gasteiger partial charge in [-0.15, -0.1) is 0 Å². The Morgan fingerprint density at radius 1 is 1.17 bits per heavy atom. The van der Waals surface area contributed by atoms with Gasteiger partial charge >= 0.3 is 0 Å². The Labute approximate surface area is 117 Å². The summed E-state index contributed by atoms with van der Waals surface area (Å²) in [4.78, 5) is 11.6. The summed E-state index contributed by atoms with van der Waals surface area (Å²) in [6.07, 6.45) is 0. The van der Waals surface area contributed by atoms with Crippen LogP contribution in [0.5, 0.6) is 0 Å². The number of halogens is 4. The molecule has 7 heteroatoms. The fourth-order valence-corrected chi connectivity index (χ4v) is 1.98. The van der Waals surface area contributed by atoms with Gasteiger partial charge in [0, 0.05) is 4.47 Å². The van der Waals surface area contributed by atoms with Gasteiger partial charge in [-0.25, -0.2) is 8.78 Å². The zero-order valence-corrected chi connectivity index (χ0v) is 11.8. The number of furan rings is 1. The minimum atomic E-state index is -0.874. The van der Waals surface area contributed by atoms with E-state index in [1.54, 1.807) is 0 Å². The highest BCUT2D eigenvalue weighted by atomic mass is 79.9. The normalized spacial score (nSPS) is 10.4. The summed E-state index contributed by atoms with van der Waals surface area (Å²) in [6, 6.07) is 4.99. The van der Waals surface area contributed by atoms with E-state index < -0.39 is 23.2 Å². The van der Waals surface area contributed by atoms with Crippen LogP contribution in [-0.4, -0.2) is 5.91 Å². The SMILES string of the molecule is O=C(Nc1c(F)cc(Br)cc1F)c1ccc(Br)o1. The third-order valence-electron chi connectivity index (χ3n) is 2.04. The average Bonchev–Trinajstić information content (AvgIpc) is 2.70. The van der Waals surface area contributed by atoms with Crippen LogP contribution >= 0.6 is 31.9 Å². The molecule has 0 saturated heterocycles. The lowest BCUT2D eigenvalue weighted by atomic mass is 10.3. The second kappa shape index (κ2) is 5.19. The Bertz CT molecular complexity index is 590. The molecular formula is C11H5Br2F2NO2. The van der Waals surface area contributed by atoms with Crippen molar-refractivity contribution in [1.82, 2.24) is 0 Å². The van der Waals surface area contributed by atoms with Crippen molar-refractivity contribution >= 4 is 43.5 Å². The van der Waals surface area contributed by atoms with Crippen LogP contribution in [0.3, 0.4) is 0 Å². The summed E-state index contributed by atoms with van der Waals surface area (Å²) < 4.78 is 32.5. The Hall–Kier alpha value is -1.21. The van der Waals surface area contributed by atoms with Crippen molar-refractivity contribution in [2.24, 2.45) is 0 Å². The molecule has 0 atom stereocenters. The maximum atomic E-state index is 13.5. The maximum absolute atomic E-state index is 13.5. The second-order valence-corrected chi connectivity index (χ2v) is 5.00. The molecule has 0 fully saturated rings. The van der Waals surface area contributed by atoms with E-state index in [4.69, 9.17) is 4.42 Å². The van der Waals surface area contributed by atoms with Gasteiger partial charge in [0.25, 0.3) is 5.91 Å². The Morgan fingerprint density at radius 2 is 1.78 bits per heavy atom. The third-order valence-corrected chi connectivity index (χ3v) is 2.93. The number of rotatable bonds is 2. The molecule has 0 radical (unpaired) electrons. The molecule has 0 unspecified atom stereocenters. The second-order valence-electron chi connectivity index (χ2n) is 3.30. The van der Waals surface area contributed by atoms with E-state index in [2.05, 4.69) is 37.2 Å². The van der Waals surface area contributed by atoms with Crippen molar-refractivity contribution in [1.29, 1.82) is 0 Å². The summed E-state index contributed by atoms with van der Waals surface area (Å²) >= 11 is 5.97. The summed E-state index contributed by atoms with van der Waals surface area (Å²) in [7, 11) is 0. The van der Waals surface area contributed by atoms with Crippen LogP contribution in [0.25, 0.3) is 0 Å². The van der Waals surface area contributed by atoms with E-state index in [0.29, 0.717) is 4.67 Å². The maximum Gasteiger partial charge on any atom is 0.291 e. The minimum Gasteiger partial charge on any atom is -0.444 e. The first-order valence-electron chi connectivity index (χ1n) is 4.68. The lowest BCUT2D eigenvalue weighted by molar-refractivity contribution is 0.0994. The number of benzene rings is 1. The van der Waals surface area contributed by atoms with Gasteiger partial charge in [-0.2, -0.15) is 0 Å². The van der Waals surface area contributed by atoms with Crippen molar-refractivity contribution < 1.29 is 18.0 Å². The number of anilines is 1. The molecule has 1 heterocycles. The van der Waals surface area contributed by atoms with Gasteiger partial charge in [0.05, 0.1) is 0 Å². The molecule has 1 aromatic carbocycles. The van der Waals surface area contributed by atoms with Crippen molar-refractivity contribution in [3.05, 3.63) is 50.8 Å². The minimum absolute atomic E-state index is 0.0522. The molecular weight excluding hydrogens is 376 g/mol. The van der Waals surface area contributed by atoms with E-state index in [9.17, 15) is 13.6 Å². The fourth-order valence-electron chi connectivity index (χ4n) is 1.27. The standard InChI is InChI=1S/C11H5Br2F2NO2/c12-5-3-6(14)10(7(15)4-5)16-11(17)8-1-2-9(13)18-8/h1-4H,(H,16,17). The topological polar surface area (TPSA) is 42.2 Å². The monoisotopic (exact) mass is 379 g/mol. The van der Waals surface area contributed by atoms with Crippen LogP contribution in [-0.2, 0) is 0 Å². The summed E-state index contributed by atoms with van der Waals surface area (Å²) in [5.74, 6) is -2.54. The summed E-state index contributed by atoms with van der Waals surface area (Å²) in [5, 5.41) is 2.11. The number of hydrogen-bond donors (Lipinski definition) is 1. The Kier molecular flexibility index (Phi) is 3.82. The highest BCUT2D eigenvalue weighted by Gasteiger charge is 2.16. The quantitative estimate of drug-likeness (QED) is 0.842. The molecule has 0 aliphatic heterocycles. The first kappa shape index (κ1) is 13.2. The largest absolute Gasteiger partial charge is 0.444 e. The fraction of sp³-hybridized carbons (Fsp3) is 0. The molecule has 1 aromatic heterocycles. The number of hydrogen-bond acceptors (Lipinski definition) is 2. The Balaban J connectivity index is 2.27. The first-order valence-corrected chi connectivity index (χ1v) is 6.27. The molecule has 0 bridgehead atoms. The number of carbonyl (C=O) groups excluding carboxylic acids is 1. The van der Waals surface area contributed by atoms with Gasteiger partial charge in [0.15, 0.2) is 22.1 Å². The molecule has 1 amide bonds. The number of nitrogens with one attached hydrogen (secondary N) is 1. The summed E-state index contributed by atoms with van der Waals surface area (Å²) in [6.45, 7) is 0. The molecule has 2 rings (SSSR count). The predicted octanol–water partition coefficient (Wildman–Crippen LogP) is 4.34. The van der Waals surface area contributed by atoms with Crippen molar-refractivity contribution in [2.75, 3.05) is 5.32 Å². The van der Waals surface area contributed by atoms with Gasteiger partial charge in [-0.05, 0) is 40.2 Å². The van der Waals surface area contributed by atoms with E-state index in [0.717, 1.165) is 12.1 Å². The van der Waals surface area contributed by atoms with Gasteiger partial charge in [0.2, 0.25) is 0 Å². The van der Waals surface area contributed by atoms with Crippen LogP contribution in [0.15, 0.2) is 37.8 Å². The lowest BCUT2D eigenvalue weighted by Crippen LogP contribution is -2.13. The zero-order valence-electron chi connectivity index (χ0n) is 8.64. The molecule has 18 heavy (non-hydrogen) atoms. The molecule has 3 nitrogen and oxygen atoms in total. The average molecular weight is 381 g/mol. The smallest absolute Gasteiger partial charge is 0.291 e. The predicted molar refractivity (Wildman–Crippen MR) is 68.4 cm³/mol. The lowest BCUT2D eigenvalue weighted by Gasteiger charge is -2.06. The highest BCUT2D eigenvalue weighted by molar-refractivity contribution is 9.10. The summed E-state index contributed by atoms with van der Waals surface area (Å²) in [5.41, 5.74) is -0.518. The van der Waals surface area contributed by atoms with E-state index in [1.807, 2.05) is 0 Å². The number of carbonyl (C=O) groups is 1. The molecule has 0 saturated carbocycles. The zero-order chi connectivity index (χ0) is 13.3. The van der Waals surface area contributed by atoms with Crippen LogP contribution in [0.4, 0.5) is 14.5 Å². The molecule has 94 valence electrons. The van der Waals surface area contributed by atoms with Gasteiger partial charge in [-0.3, -0.25) is 4.79 Å². The molecule has 1 N–H and O–H groups in total. The van der Waals surface area contributed by atoms with Crippen molar-refractivity contribution in [3.63, 3.8) is 0 Å². The first-order chi connectivity index (χ1) is 8.47. The molecule has 0 aliphatic carbocycles. The van der Waals surface area contributed by atoms with Gasteiger partial charge in [0.1, 0.15) is 5.69 Å². The van der Waals surface area contributed by atoms with Crippen LogP contribution in [0, 0.1) is 11.6 Å². The molecule has 0 aliphatic rings. The molecule has 0 spiro atoms. The van der Waals surface area contributed by atoms with E-state index in [1.165, 1.54) is 12.1 Å². The third kappa shape index (κ3) is 2.78. The van der Waals surface area contributed by atoms with Crippen LogP contribution in [0.1, 0.15) is 10.6 Å². The van der Waals surface area contributed by atoms with Crippen LogP contribution < -0.4 is 5.32 Å². The van der Waals surface area contributed by atoms with Gasteiger partial charge in [-0.1, -0.05) is 15.9 Å². The van der Waals surface area contributed by atoms with E-state index in [-0.39, 0.29) is 10.2 Å². The molecule has 2 aromatic rings. The van der Waals surface area contributed by atoms with E-state index >= 15 is 0 Å². The van der Waals surface area contributed by atoms with Crippen LogP contribution in [0.2, 0.25) is 0 Å².